The predicted octanol–water partition coefficient (Wildman–Crippen LogP) is 1.20. The van der Waals surface area contributed by atoms with Gasteiger partial charge in [-0.2, -0.15) is 19.6 Å². The fourth-order valence-electron chi connectivity index (χ4n) is 3.33. The Kier molecular flexibility index (Phi) is 3.14. The summed E-state index contributed by atoms with van der Waals surface area (Å²) in [5.74, 6) is 1.67. The van der Waals surface area contributed by atoms with E-state index in [4.69, 9.17) is 15.5 Å². The van der Waals surface area contributed by atoms with Gasteiger partial charge >= 0.3 is 0 Å². The number of hydrogen-bond donors (Lipinski definition) is 1. The van der Waals surface area contributed by atoms with Gasteiger partial charge in [-0.05, 0) is 18.8 Å². The quantitative estimate of drug-likeness (QED) is 0.894. The lowest BCUT2D eigenvalue weighted by Gasteiger charge is -2.26. The van der Waals surface area contributed by atoms with E-state index in [1.54, 1.807) is 4.52 Å². The first kappa shape index (κ1) is 12.8. The van der Waals surface area contributed by atoms with Crippen LogP contribution in [-0.2, 0) is 4.74 Å². The molecule has 2 aromatic rings. The van der Waals surface area contributed by atoms with E-state index in [1.165, 1.54) is 31.2 Å². The van der Waals surface area contributed by atoms with Gasteiger partial charge in [0.05, 0.1) is 19.4 Å². The molecule has 0 amide bonds. The molecule has 0 aromatic carbocycles. The van der Waals surface area contributed by atoms with Crippen LogP contribution in [0.25, 0.3) is 5.65 Å². The van der Waals surface area contributed by atoms with E-state index in [9.17, 15) is 0 Å². The minimum Gasteiger partial charge on any atom is -0.378 e. The zero-order chi connectivity index (χ0) is 14.2. The Balaban J connectivity index is 1.77. The highest BCUT2D eigenvalue weighted by Gasteiger charge is 2.24. The number of rotatable bonds is 2. The first-order valence-electron chi connectivity index (χ1n) is 7.67. The van der Waals surface area contributed by atoms with Crippen LogP contribution in [0.2, 0.25) is 0 Å². The standard InChI is InChI=1S/C14H20N6O/c15-13-18-14(19-5-7-21-8-6-19)17-12-11(9-16-20(12)13)10-3-1-2-4-10/h9-10H,1-8H2,(H2,15,17,18). The van der Waals surface area contributed by atoms with E-state index < -0.39 is 0 Å². The third-order valence-electron chi connectivity index (χ3n) is 4.50. The highest BCUT2D eigenvalue weighted by Crippen LogP contribution is 2.36. The molecule has 3 heterocycles. The van der Waals surface area contributed by atoms with Crippen molar-refractivity contribution in [1.82, 2.24) is 19.6 Å². The molecule has 0 atom stereocenters. The van der Waals surface area contributed by atoms with Crippen molar-refractivity contribution in [3.8, 4) is 0 Å². The third-order valence-corrected chi connectivity index (χ3v) is 4.50. The van der Waals surface area contributed by atoms with Crippen LogP contribution in [0, 0.1) is 0 Å². The van der Waals surface area contributed by atoms with Crippen LogP contribution in [0.15, 0.2) is 6.20 Å². The summed E-state index contributed by atoms with van der Waals surface area (Å²) in [4.78, 5) is 11.3. The minimum absolute atomic E-state index is 0.408. The van der Waals surface area contributed by atoms with Gasteiger partial charge in [0.15, 0.2) is 5.65 Å². The SMILES string of the molecule is Nc1nc(N2CCOCC2)nc2c(C3CCCC3)cnn12. The molecule has 1 aliphatic carbocycles. The molecule has 7 nitrogen and oxygen atoms in total. The van der Waals surface area contributed by atoms with Crippen molar-refractivity contribution in [3.05, 3.63) is 11.8 Å². The second kappa shape index (κ2) is 5.14. The van der Waals surface area contributed by atoms with Crippen LogP contribution < -0.4 is 10.6 Å². The number of aromatic nitrogens is 4. The largest absolute Gasteiger partial charge is 0.378 e. The molecule has 4 rings (SSSR count). The van der Waals surface area contributed by atoms with Gasteiger partial charge in [-0.25, -0.2) is 0 Å². The van der Waals surface area contributed by atoms with Crippen LogP contribution in [0.4, 0.5) is 11.9 Å². The first-order chi connectivity index (χ1) is 10.3. The Morgan fingerprint density at radius 1 is 1.14 bits per heavy atom. The molecule has 7 heteroatoms. The van der Waals surface area contributed by atoms with Crippen molar-refractivity contribution in [2.75, 3.05) is 36.9 Å². The molecule has 2 aromatic heterocycles. The summed E-state index contributed by atoms with van der Waals surface area (Å²) in [6.07, 6.45) is 6.94. The molecule has 2 aliphatic rings. The molecule has 21 heavy (non-hydrogen) atoms. The van der Waals surface area contributed by atoms with Crippen molar-refractivity contribution in [2.45, 2.75) is 31.6 Å². The third kappa shape index (κ3) is 2.21. The Morgan fingerprint density at radius 2 is 1.90 bits per heavy atom. The van der Waals surface area contributed by atoms with Gasteiger partial charge in [0.25, 0.3) is 0 Å². The fraction of sp³-hybridized carbons (Fsp3) is 0.643. The predicted molar refractivity (Wildman–Crippen MR) is 79.4 cm³/mol. The summed E-state index contributed by atoms with van der Waals surface area (Å²) in [6.45, 7) is 3.04. The minimum atomic E-state index is 0.408. The zero-order valence-corrected chi connectivity index (χ0v) is 12.0. The second-order valence-corrected chi connectivity index (χ2v) is 5.80. The summed E-state index contributed by atoms with van der Waals surface area (Å²) >= 11 is 0. The molecule has 2 N–H and O–H groups in total. The Hall–Kier alpha value is -1.89. The van der Waals surface area contributed by atoms with E-state index in [0.29, 0.717) is 31.0 Å². The van der Waals surface area contributed by atoms with E-state index in [2.05, 4.69) is 15.0 Å². The van der Waals surface area contributed by atoms with Gasteiger partial charge < -0.3 is 15.4 Å². The van der Waals surface area contributed by atoms with Crippen LogP contribution in [0.1, 0.15) is 37.2 Å². The molecule has 0 bridgehead atoms. The van der Waals surface area contributed by atoms with Crippen molar-refractivity contribution in [1.29, 1.82) is 0 Å². The van der Waals surface area contributed by atoms with Crippen molar-refractivity contribution in [3.63, 3.8) is 0 Å². The summed E-state index contributed by atoms with van der Waals surface area (Å²) in [6, 6.07) is 0. The van der Waals surface area contributed by atoms with E-state index >= 15 is 0 Å². The molecule has 1 saturated heterocycles. The Labute approximate surface area is 123 Å². The van der Waals surface area contributed by atoms with E-state index in [-0.39, 0.29) is 0 Å². The summed E-state index contributed by atoms with van der Waals surface area (Å²) in [5.41, 5.74) is 8.16. The smallest absolute Gasteiger partial charge is 0.230 e. The molecule has 1 saturated carbocycles. The highest BCUT2D eigenvalue weighted by atomic mass is 16.5. The maximum Gasteiger partial charge on any atom is 0.230 e. The van der Waals surface area contributed by atoms with Gasteiger partial charge in [-0.15, -0.1) is 0 Å². The molecule has 112 valence electrons. The average molecular weight is 288 g/mol. The highest BCUT2D eigenvalue weighted by molar-refractivity contribution is 5.55. The molecular formula is C14H20N6O. The summed E-state index contributed by atoms with van der Waals surface area (Å²) < 4.78 is 7.05. The average Bonchev–Trinajstić information content (AvgIpc) is 3.16. The van der Waals surface area contributed by atoms with Gasteiger partial charge in [0.1, 0.15) is 0 Å². The topological polar surface area (TPSA) is 81.6 Å². The first-order valence-corrected chi connectivity index (χ1v) is 7.67. The molecule has 0 radical (unpaired) electrons. The number of anilines is 2. The number of nitrogen functional groups attached to an aromatic ring is 1. The Bertz CT molecular complexity index is 642. The number of ether oxygens (including phenoxy) is 1. The second-order valence-electron chi connectivity index (χ2n) is 5.80. The van der Waals surface area contributed by atoms with Crippen molar-refractivity contribution in [2.24, 2.45) is 0 Å². The van der Waals surface area contributed by atoms with Crippen LogP contribution >= 0.6 is 0 Å². The Morgan fingerprint density at radius 3 is 2.67 bits per heavy atom. The fourth-order valence-corrected chi connectivity index (χ4v) is 3.33. The number of morpholine rings is 1. The lowest BCUT2D eigenvalue weighted by atomic mass is 10.0. The number of nitrogens with two attached hydrogens (primary N) is 1. The maximum absolute atomic E-state index is 6.07. The zero-order valence-electron chi connectivity index (χ0n) is 12.0. The lowest BCUT2D eigenvalue weighted by molar-refractivity contribution is 0.122. The molecular weight excluding hydrogens is 268 g/mol. The monoisotopic (exact) mass is 288 g/mol. The normalized spacial score (nSPS) is 20.5. The molecule has 1 aliphatic heterocycles. The van der Waals surface area contributed by atoms with E-state index in [0.717, 1.165) is 18.7 Å². The summed E-state index contributed by atoms with van der Waals surface area (Å²) in [5, 5.41) is 4.37. The van der Waals surface area contributed by atoms with Gasteiger partial charge in [-0.1, -0.05) is 12.8 Å². The molecule has 0 spiro atoms. The van der Waals surface area contributed by atoms with Gasteiger partial charge in [0.2, 0.25) is 11.9 Å². The maximum atomic E-state index is 6.07. The van der Waals surface area contributed by atoms with Crippen molar-refractivity contribution >= 4 is 17.5 Å². The van der Waals surface area contributed by atoms with Gasteiger partial charge in [-0.3, -0.25) is 0 Å². The van der Waals surface area contributed by atoms with E-state index in [1.807, 2.05) is 6.20 Å². The van der Waals surface area contributed by atoms with Crippen LogP contribution in [0.5, 0.6) is 0 Å². The lowest BCUT2D eigenvalue weighted by Crippen LogP contribution is -2.37. The number of nitrogens with zero attached hydrogens (tertiary/aromatic N) is 5. The van der Waals surface area contributed by atoms with Crippen LogP contribution in [0.3, 0.4) is 0 Å². The van der Waals surface area contributed by atoms with Gasteiger partial charge in [0, 0.05) is 18.7 Å². The van der Waals surface area contributed by atoms with Crippen molar-refractivity contribution < 1.29 is 4.74 Å². The number of fused-ring (bicyclic) bond motifs is 1. The molecule has 0 unspecified atom stereocenters. The molecule has 2 fully saturated rings. The summed E-state index contributed by atoms with van der Waals surface area (Å²) in [7, 11) is 0. The van der Waals surface area contributed by atoms with Crippen LogP contribution in [-0.4, -0.2) is 45.9 Å². The number of hydrogen-bond acceptors (Lipinski definition) is 6.